The second-order valence-corrected chi connectivity index (χ2v) is 7.83. The van der Waals surface area contributed by atoms with Crippen molar-refractivity contribution in [3.63, 3.8) is 0 Å². The number of carbonyl (C=O) groups excluding carboxylic acids is 2. The zero-order chi connectivity index (χ0) is 20.4. The average molecular weight is 412 g/mol. The number of carbonyl (C=O) groups is 3. The molecule has 0 radical (unpaired) electrons. The minimum atomic E-state index is -1.06. The highest BCUT2D eigenvalue weighted by molar-refractivity contribution is 8.26. The Morgan fingerprint density at radius 3 is 2.36 bits per heavy atom. The van der Waals surface area contributed by atoms with Crippen LogP contribution in [0.4, 0.5) is 5.69 Å². The molecule has 8 heteroatoms. The van der Waals surface area contributed by atoms with Gasteiger partial charge in [0.05, 0.1) is 10.5 Å². The number of carboxylic acid groups (broad SMARTS) is 1. The summed E-state index contributed by atoms with van der Waals surface area (Å²) in [7, 11) is 1.63. The summed E-state index contributed by atoms with van der Waals surface area (Å²) in [5, 5.41) is 11.8. The van der Waals surface area contributed by atoms with Crippen LogP contribution in [0.5, 0.6) is 0 Å². The predicted octanol–water partition coefficient (Wildman–Crippen LogP) is 3.78. The molecule has 1 aliphatic heterocycles. The molecule has 1 saturated heterocycles. The largest absolute Gasteiger partial charge is 0.478 e. The summed E-state index contributed by atoms with van der Waals surface area (Å²) < 4.78 is 0.506. The zero-order valence-electron chi connectivity index (χ0n) is 15.1. The lowest BCUT2D eigenvalue weighted by Crippen LogP contribution is -2.22. The molecule has 2 aromatic rings. The predicted molar refractivity (Wildman–Crippen MR) is 113 cm³/mol. The van der Waals surface area contributed by atoms with Gasteiger partial charge >= 0.3 is 5.97 Å². The number of rotatable bonds is 4. The van der Waals surface area contributed by atoms with E-state index in [9.17, 15) is 14.4 Å². The van der Waals surface area contributed by atoms with E-state index in [2.05, 4.69) is 5.32 Å². The second kappa shape index (κ2) is 7.95. The van der Waals surface area contributed by atoms with Crippen LogP contribution >= 0.6 is 24.0 Å². The molecule has 2 aromatic carbocycles. The third-order valence-corrected chi connectivity index (χ3v) is 5.67. The van der Waals surface area contributed by atoms with Crippen LogP contribution in [0, 0.1) is 6.92 Å². The van der Waals surface area contributed by atoms with Crippen molar-refractivity contribution in [1.29, 1.82) is 0 Å². The van der Waals surface area contributed by atoms with Gasteiger partial charge in [-0.25, -0.2) is 4.79 Å². The molecule has 0 bridgehead atoms. The Labute approximate surface area is 171 Å². The number of aryl methyl sites for hydroxylation is 1. The third kappa shape index (κ3) is 4.13. The monoisotopic (exact) mass is 412 g/mol. The number of thioether (sulfide) groups is 1. The normalized spacial score (nSPS) is 15.2. The van der Waals surface area contributed by atoms with Crippen LogP contribution in [0.1, 0.15) is 31.8 Å². The van der Waals surface area contributed by atoms with Gasteiger partial charge in [-0.1, -0.05) is 42.2 Å². The number of aromatic carboxylic acids is 1. The number of nitrogens with zero attached hydrogens (tertiary/aromatic N) is 1. The maximum absolute atomic E-state index is 12.5. The molecular formula is C20H16N2O4S2. The van der Waals surface area contributed by atoms with E-state index in [1.54, 1.807) is 50.4 Å². The Morgan fingerprint density at radius 2 is 1.79 bits per heavy atom. The quantitative estimate of drug-likeness (QED) is 0.587. The fourth-order valence-corrected chi connectivity index (χ4v) is 3.69. The number of benzene rings is 2. The molecule has 2 amide bonds. The molecule has 142 valence electrons. The maximum atomic E-state index is 12.5. The standard InChI is InChI=1S/C20H16N2O4S2/c1-11-3-6-14(19(25)26)10-15(11)21-17(23)13-7-4-12(5-8-13)9-16-18(24)22(2)20(27)28-16/h3-10H,1-2H3,(H,21,23)(H,25,26)/b16-9-. The van der Waals surface area contributed by atoms with Gasteiger partial charge in [0.2, 0.25) is 0 Å². The fraction of sp³-hybridized carbons (Fsp3) is 0.100. The molecular weight excluding hydrogens is 396 g/mol. The van der Waals surface area contributed by atoms with Crippen LogP contribution < -0.4 is 5.32 Å². The fourth-order valence-electron chi connectivity index (χ4n) is 2.51. The number of anilines is 1. The molecule has 2 N–H and O–H groups in total. The molecule has 0 atom stereocenters. The molecule has 1 fully saturated rings. The van der Waals surface area contributed by atoms with Crippen LogP contribution in [0.3, 0.4) is 0 Å². The first-order valence-electron chi connectivity index (χ1n) is 8.23. The van der Waals surface area contributed by atoms with Crippen LogP contribution in [0.25, 0.3) is 6.08 Å². The smallest absolute Gasteiger partial charge is 0.335 e. The third-order valence-electron chi connectivity index (χ3n) is 4.19. The van der Waals surface area contributed by atoms with E-state index >= 15 is 0 Å². The van der Waals surface area contributed by atoms with E-state index in [1.165, 1.54) is 28.8 Å². The van der Waals surface area contributed by atoms with Crippen LogP contribution in [-0.2, 0) is 4.79 Å². The molecule has 0 spiro atoms. The van der Waals surface area contributed by atoms with E-state index < -0.39 is 5.97 Å². The van der Waals surface area contributed by atoms with Gasteiger partial charge in [0.25, 0.3) is 11.8 Å². The van der Waals surface area contributed by atoms with Gasteiger partial charge in [-0.2, -0.15) is 0 Å². The summed E-state index contributed by atoms with van der Waals surface area (Å²) in [6.45, 7) is 1.79. The molecule has 0 unspecified atom stereocenters. The molecule has 1 aliphatic rings. The number of thiocarbonyl (C=S) groups is 1. The first-order chi connectivity index (χ1) is 13.3. The first-order valence-corrected chi connectivity index (χ1v) is 9.45. The van der Waals surface area contributed by atoms with Crippen molar-refractivity contribution in [2.75, 3.05) is 12.4 Å². The Hall–Kier alpha value is -2.97. The Morgan fingerprint density at radius 1 is 1.14 bits per heavy atom. The second-order valence-electron chi connectivity index (χ2n) is 6.15. The molecule has 28 heavy (non-hydrogen) atoms. The van der Waals surface area contributed by atoms with Gasteiger partial charge in [-0.3, -0.25) is 14.5 Å². The van der Waals surface area contributed by atoms with Crippen molar-refractivity contribution < 1.29 is 19.5 Å². The molecule has 0 aromatic heterocycles. The molecule has 3 rings (SSSR count). The number of nitrogens with one attached hydrogen (secondary N) is 1. The lowest BCUT2D eigenvalue weighted by atomic mass is 10.1. The van der Waals surface area contributed by atoms with Crippen molar-refractivity contribution in [3.8, 4) is 0 Å². The SMILES string of the molecule is Cc1ccc(C(=O)O)cc1NC(=O)c1ccc(/C=C2\SC(=S)N(C)C2=O)cc1. The van der Waals surface area contributed by atoms with Crippen molar-refractivity contribution in [2.24, 2.45) is 0 Å². The van der Waals surface area contributed by atoms with Crippen molar-refractivity contribution in [3.05, 3.63) is 69.6 Å². The lowest BCUT2D eigenvalue weighted by Gasteiger charge is -2.09. The summed E-state index contributed by atoms with van der Waals surface area (Å²) >= 11 is 6.34. The van der Waals surface area contributed by atoms with Gasteiger partial charge in [0.1, 0.15) is 4.32 Å². The van der Waals surface area contributed by atoms with Gasteiger partial charge in [0, 0.05) is 18.3 Å². The van der Waals surface area contributed by atoms with Crippen LogP contribution in [0.2, 0.25) is 0 Å². The minimum absolute atomic E-state index is 0.101. The van der Waals surface area contributed by atoms with Crippen LogP contribution in [0.15, 0.2) is 47.4 Å². The topological polar surface area (TPSA) is 86.7 Å². The Kier molecular flexibility index (Phi) is 5.62. The summed E-state index contributed by atoms with van der Waals surface area (Å²) in [6.07, 6.45) is 1.73. The van der Waals surface area contributed by atoms with E-state index in [1.807, 2.05) is 0 Å². The highest BCUT2D eigenvalue weighted by Gasteiger charge is 2.28. The molecule has 1 heterocycles. The number of amides is 2. The number of hydrogen-bond donors (Lipinski definition) is 2. The molecule has 6 nitrogen and oxygen atoms in total. The van der Waals surface area contributed by atoms with Crippen molar-refractivity contribution in [1.82, 2.24) is 4.90 Å². The Balaban J connectivity index is 1.76. The maximum Gasteiger partial charge on any atom is 0.335 e. The van der Waals surface area contributed by atoms with Gasteiger partial charge in [0.15, 0.2) is 0 Å². The van der Waals surface area contributed by atoms with Gasteiger partial charge in [-0.05, 0) is 48.4 Å². The number of likely N-dealkylation sites (N-methyl/N-ethyl adjacent to an activating group) is 1. The Bertz CT molecular complexity index is 1030. The van der Waals surface area contributed by atoms with E-state index in [-0.39, 0.29) is 17.4 Å². The zero-order valence-corrected chi connectivity index (χ0v) is 16.7. The van der Waals surface area contributed by atoms with E-state index in [0.29, 0.717) is 20.5 Å². The van der Waals surface area contributed by atoms with Crippen LogP contribution in [-0.4, -0.2) is 39.2 Å². The van der Waals surface area contributed by atoms with Gasteiger partial charge in [-0.15, -0.1) is 0 Å². The highest BCUT2D eigenvalue weighted by Crippen LogP contribution is 2.31. The summed E-state index contributed by atoms with van der Waals surface area (Å²) in [4.78, 5) is 37.6. The van der Waals surface area contributed by atoms with Crippen molar-refractivity contribution in [2.45, 2.75) is 6.92 Å². The van der Waals surface area contributed by atoms with Crippen molar-refractivity contribution >= 4 is 57.8 Å². The molecule has 0 aliphatic carbocycles. The number of carboxylic acids is 1. The number of hydrogen-bond acceptors (Lipinski definition) is 5. The average Bonchev–Trinajstić information content (AvgIpc) is 2.90. The van der Waals surface area contributed by atoms with Gasteiger partial charge < -0.3 is 10.4 Å². The van der Waals surface area contributed by atoms with E-state index in [0.717, 1.165) is 11.1 Å². The summed E-state index contributed by atoms with van der Waals surface area (Å²) in [6, 6.07) is 11.3. The van der Waals surface area contributed by atoms with E-state index in [4.69, 9.17) is 17.3 Å². The summed E-state index contributed by atoms with van der Waals surface area (Å²) in [5.41, 5.74) is 2.50. The lowest BCUT2D eigenvalue weighted by molar-refractivity contribution is -0.121. The highest BCUT2D eigenvalue weighted by atomic mass is 32.2. The summed E-state index contributed by atoms with van der Waals surface area (Å²) in [5.74, 6) is -1.56. The first kappa shape index (κ1) is 19.8. The minimum Gasteiger partial charge on any atom is -0.478 e. The molecule has 0 saturated carbocycles.